The number of carbonyl (C=O) groups is 1. The quantitative estimate of drug-likeness (QED) is 0.193. The molecule has 0 spiro atoms. The van der Waals surface area contributed by atoms with Gasteiger partial charge in [-0.15, -0.1) is 0 Å². The van der Waals surface area contributed by atoms with E-state index in [2.05, 4.69) is 0 Å². The summed E-state index contributed by atoms with van der Waals surface area (Å²) in [7, 11) is 0. The van der Waals surface area contributed by atoms with E-state index in [9.17, 15) is 35.4 Å². The molecule has 0 radical (unpaired) electrons. The van der Waals surface area contributed by atoms with Gasteiger partial charge in [0.15, 0.2) is 11.5 Å². The smallest absolute Gasteiger partial charge is 0.331 e. The van der Waals surface area contributed by atoms with Gasteiger partial charge in [0, 0.05) is 11.6 Å². The van der Waals surface area contributed by atoms with Crippen molar-refractivity contribution in [3.05, 3.63) is 59.7 Å². The van der Waals surface area contributed by atoms with Crippen molar-refractivity contribution in [2.24, 2.45) is 0 Å². The highest BCUT2D eigenvalue weighted by atomic mass is 16.7. The SMILES string of the molecule is O=C(C=Cc1ccc(O)c(O)c1)OCc1ccccc1O[C@@H]1O[C@H](CO)[C@@H](O)[C@H](O)[C@H]1O. The molecule has 1 aliphatic heterocycles. The number of benzene rings is 2. The zero-order valence-corrected chi connectivity index (χ0v) is 16.8. The molecule has 1 aliphatic rings. The first-order valence-corrected chi connectivity index (χ1v) is 9.72. The molecule has 32 heavy (non-hydrogen) atoms. The second-order valence-electron chi connectivity index (χ2n) is 7.11. The van der Waals surface area contributed by atoms with Crippen LogP contribution in [0.2, 0.25) is 0 Å². The number of esters is 1. The van der Waals surface area contributed by atoms with Crippen LogP contribution in [0.1, 0.15) is 11.1 Å². The molecule has 0 aromatic heterocycles. The van der Waals surface area contributed by atoms with Gasteiger partial charge in [-0.05, 0) is 29.8 Å². The zero-order chi connectivity index (χ0) is 23.3. The first-order chi connectivity index (χ1) is 15.3. The Morgan fingerprint density at radius 2 is 1.75 bits per heavy atom. The van der Waals surface area contributed by atoms with E-state index in [1.807, 2.05) is 0 Å². The fourth-order valence-corrected chi connectivity index (χ4v) is 3.03. The predicted octanol–water partition coefficient (Wildman–Crippen LogP) is 0.0331. The number of aliphatic hydroxyl groups is 4. The van der Waals surface area contributed by atoms with Gasteiger partial charge >= 0.3 is 5.97 Å². The highest BCUT2D eigenvalue weighted by molar-refractivity contribution is 5.87. The first-order valence-electron chi connectivity index (χ1n) is 9.72. The van der Waals surface area contributed by atoms with E-state index in [0.717, 1.165) is 6.08 Å². The van der Waals surface area contributed by atoms with Crippen LogP contribution in [0, 0.1) is 0 Å². The average Bonchev–Trinajstić information content (AvgIpc) is 2.79. The number of hydrogen-bond donors (Lipinski definition) is 6. The fraction of sp³-hybridized carbons (Fsp3) is 0.318. The number of rotatable bonds is 7. The maximum Gasteiger partial charge on any atom is 0.331 e. The van der Waals surface area contributed by atoms with Crippen molar-refractivity contribution in [1.82, 2.24) is 0 Å². The Balaban J connectivity index is 1.63. The molecule has 6 N–H and O–H groups in total. The summed E-state index contributed by atoms with van der Waals surface area (Å²) in [6.07, 6.45) is -4.61. The van der Waals surface area contributed by atoms with E-state index in [4.69, 9.17) is 14.2 Å². The van der Waals surface area contributed by atoms with Crippen molar-refractivity contribution >= 4 is 12.0 Å². The van der Waals surface area contributed by atoms with E-state index >= 15 is 0 Å². The van der Waals surface area contributed by atoms with Crippen LogP contribution in [0.4, 0.5) is 0 Å². The second-order valence-corrected chi connectivity index (χ2v) is 7.11. The Labute approximate surface area is 183 Å². The van der Waals surface area contributed by atoms with Crippen molar-refractivity contribution in [2.45, 2.75) is 37.3 Å². The lowest BCUT2D eigenvalue weighted by Gasteiger charge is -2.39. The topological polar surface area (TPSA) is 166 Å². The molecule has 2 aromatic carbocycles. The summed E-state index contributed by atoms with van der Waals surface area (Å²) in [4.78, 5) is 12.0. The van der Waals surface area contributed by atoms with Gasteiger partial charge in [0.1, 0.15) is 36.8 Å². The molecule has 10 nitrogen and oxygen atoms in total. The number of aliphatic hydroxyl groups excluding tert-OH is 4. The molecule has 3 rings (SSSR count). The van der Waals surface area contributed by atoms with E-state index in [-0.39, 0.29) is 23.9 Å². The van der Waals surface area contributed by atoms with Gasteiger partial charge in [0.05, 0.1) is 6.61 Å². The second kappa shape index (κ2) is 10.4. The number of para-hydroxylation sites is 1. The molecule has 1 saturated heterocycles. The first kappa shape index (κ1) is 23.5. The number of carbonyl (C=O) groups excluding carboxylic acids is 1. The van der Waals surface area contributed by atoms with Gasteiger partial charge in [-0.1, -0.05) is 24.3 Å². The minimum absolute atomic E-state index is 0.183. The third-order valence-corrected chi connectivity index (χ3v) is 4.85. The number of phenols is 2. The van der Waals surface area contributed by atoms with Crippen molar-refractivity contribution in [3.63, 3.8) is 0 Å². The number of aromatic hydroxyl groups is 2. The monoisotopic (exact) mass is 448 g/mol. The highest BCUT2D eigenvalue weighted by Gasteiger charge is 2.44. The summed E-state index contributed by atoms with van der Waals surface area (Å²) in [5.74, 6) is -1.07. The molecule has 10 heteroatoms. The molecule has 0 amide bonds. The zero-order valence-electron chi connectivity index (χ0n) is 16.8. The van der Waals surface area contributed by atoms with Crippen LogP contribution in [-0.2, 0) is 20.9 Å². The predicted molar refractivity (Wildman–Crippen MR) is 109 cm³/mol. The Hall–Kier alpha value is -3.15. The molecule has 2 aromatic rings. The molecule has 0 aliphatic carbocycles. The van der Waals surface area contributed by atoms with Crippen LogP contribution >= 0.6 is 0 Å². The normalized spacial score (nSPS) is 25.6. The van der Waals surface area contributed by atoms with Crippen LogP contribution < -0.4 is 4.74 Å². The number of hydrogen-bond acceptors (Lipinski definition) is 10. The molecule has 1 heterocycles. The summed E-state index contributed by atoms with van der Waals surface area (Å²) in [5.41, 5.74) is 0.914. The molecule has 0 bridgehead atoms. The Bertz CT molecular complexity index is 957. The molecule has 5 atom stereocenters. The van der Waals surface area contributed by atoms with Crippen molar-refractivity contribution in [2.75, 3.05) is 6.61 Å². The Morgan fingerprint density at radius 1 is 1.00 bits per heavy atom. The lowest BCUT2D eigenvalue weighted by Crippen LogP contribution is -2.60. The van der Waals surface area contributed by atoms with Gasteiger partial charge in [-0.3, -0.25) is 0 Å². The summed E-state index contributed by atoms with van der Waals surface area (Å²) in [6, 6.07) is 10.5. The van der Waals surface area contributed by atoms with E-state index in [0.29, 0.717) is 11.1 Å². The third-order valence-electron chi connectivity index (χ3n) is 4.85. The van der Waals surface area contributed by atoms with Gasteiger partial charge in [-0.25, -0.2) is 4.79 Å². The van der Waals surface area contributed by atoms with Crippen LogP contribution in [0.15, 0.2) is 48.5 Å². The summed E-state index contributed by atoms with van der Waals surface area (Å²) in [5, 5.41) is 58.0. The lowest BCUT2D eigenvalue weighted by atomic mass is 9.99. The van der Waals surface area contributed by atoms with Gasteiger partial charge in [0.25, 0.3) is 0 Å². The van der Waals surface area contributed by atoms with Crippen molar-refractivity contribution in [3.8, 4) is 17.2 Å². The Morgan fingerprint density at radius 3 is 2.47 bits per heavy atom. The van der Waals surface area contributed by atoms with Crippen molar-refractivity contribution in [1.29, 1.82) is 0 Å². The molecule has 1 fully saturated rings. The average molecular weight is 448 g/mol. The molecular formula is C22H24O10. The van der Waals surface area contributed by atoms with Gasteiger partial charge < -0.3 is 44.8 Å². The van der Waals surface area contributed by atoms with E-state index < -0.39 is 43.3 Å². The largest absolute Gasteiger partial charge is 0.504 e. The summed E-state index contributed by atoms with van der Waals surface area (Å²) < 4.78 is 16.1. The highest BCUT2D eigenvalue weighted by Crippen LogP contribution is 2.27. The van der Waals surface area contributed by atoms with Crippen molar-refractivity contribution < 1.29 is 49.6 Å². The van der Waals surface area contributed by atoms with E-state index in [1.54, 1.807) is 24.3 Å². The standard InChI is InChI=1S/C22H24O10/c23-10-17-19(27)20(28)21(29)22(32-17)31-16-4-2-1-3-13(16)11-30-18(26)8-6-12-5-7-14(24)15(25)9-12/h1-9,17,19-25,27-29H,10-11H2/t17-,19-,20+,21-,22-/m1/s1. The van der Waals surface area contributed by atoms with Gasteiger partial charge in [0.2, 0.25) is 6.29 Å². The molecule has 0 saturated carbocycles. The fourth-order valence-electron chi connectivity index (χ4n) is 3.03. The third kappa shape index (κ3) is 5.55. The van der Waals surface area contributed by atoms with Crippen LogP contribution in [0.3, 0.4) is 0 Å². The van der Waals surface area contributed by atoms with Crippen LogP contribution in [0.25, 0.3) is 6.08 Å². The number of phenolic OH excluding ortho intramolecular Hbond substituents is 2. The molecular weight excluding hydrogens is 424 g/mol. The molecule has 0 unspecified atom stereocenters. The maximum absolute atomic E-state index is 12.0. The number of ether oxygens (including phenoxy) is 3. The Kier molecular flexibility index (Phi) is 7.67. The summed E-state index contributed by atoms with van der Waals surface area (Å²) in [6.45, 7) is -0.771. The summed E-state index contributed by atoms with van der Waals surface area (Å²) >= 11 is 0. The molecule has 172 valence electrons. The van der Waals surface area contributed by atoms with Crippen LogP contribution in [-0.4, -0.2) is 73.9 Å². The minimum Gasteiger partial charge on any atom is -0.504 e. The minimum atomic E-state index is -1.58. The maximum atomic E-state index is 12.0. The van der Waals surface area contributed by atoms with Crippen LogP contribution in [0.5, 0.6) is 17.2 Å². The van der Waals surface area contributed by atoms with Gasteiger partial charge in [-0.2, -0.15) is 0 Å². The van der Waals surface area contributed by atoms with E-state index in [1.165, 1.54) is 24.3 Å². The lowest BCUT2D eigenvalue weighted by molar-refractivity contribution is -0.277.